The van der Waals surface area contributed by atoms with Gasteiger partial charge in [0, 0.05) is 39.4 Å². The molecule has 1 unspecified atom stereocenters. The van der Waals surface area contributed by atoms with Crippen LogP contribution in [0.1, 0.15) is 56.7 Å². The lowest BCUT2D eigenvalue weighted by molar-refractivity contribution is -0.130. The Morgan fingerprint density at radius 2 is 1.88 bits per heavy atom. The standard InChI is InChI=1S/C20H29N3O3/c1-3-12-21-19(25)9-6-10-20(26)22-18-14-23(15(2)24)13-11-16-7-4-5-8-17(16)18/h4-5,7-8,18H,3,6,9-14H2,1-2H3,(H,21,25)(H,22,26). The van der Waals surface area contributed by atoms with Crippen molar-refractivity contribution in [3.05, 3.63) is 35.4 Å². The van der Waals surface area contributed by atoms with Crippen LogP contribution < -0.4 is 10.6 Å². The normalized spacial score (nSPS) is 16.4. The van der Waals surface area contributed by atoms with Crippen LogP contribution in [0, 0.1) is 0 Å². The van der Waals surface area contributed by atoms with Crippen LogP contribution in [0.4, 0.5) is 0 Å². The zero-order valence-electron chi connectivity index (χ0n) is 15.7. The molecule has 3 amide bonds. The maximum Gasteiger partial charge on any atom is 0.220 e. The van der Waals surface area contributed by atoms with E-state index in [1.165, 1.54) is 5.56 Å². The summed E-state index contributed by atoms with van der Waals surface area (Å²) in [5.41, 5.74) is 2.24. The molecule has 0 saturated carbocycles. The van der Waals surface area contributed by atoms with Crippen molar-refractivity contribution >= 4 is 17.7 Å². The topological polar surface area (TPSA) is 78.5 Å². The third-order valence-corrected chi connectivity index (χ3v) is 4.64. The van der Waals surface area contributed by atoms with E-state index < -0.39 is 0 Å². The number of carbonyl (C=O) groups is 3. The number of fused-ring (bicyclic) bond motifs is 1. The minimum absolute atomic E-state index is 0.0118. The van der Waals surface area contributed by atoms with Crippen molar-refractivity contribution in [1.29, 1.82) is 0 Å². The van der Waals surface area contributed by atoms with Gasteiger partial charge in [0.15, 0.2) is 0 Å². The summed E-state index contributed by atoms with van der Waals surface area (Å²) >= 11 is 0. The van der Waals surface area contributed by atoms with Crippen molar-refractivity contribution < 1.29 is 14.4 Å². The molecule has 1 aromatic rings. The number of rotatable bonds is 7. The van der Waals surface area contributed by atoms with Gasteiger partial charge in [-0.05, 0) is 30.4 Å². The quantitative estimate of drug-likeness (QED) is 0.781. The maximum absolute atomic E-state index is 12.4. The Balaban J connectivity index is 1.93. The highest BCUT2D eigenvalue weighted by molar-refractivity contribution is 5.79. The summed E-state index contributed by atoms with van der Waals surface area (Å²) in [5.74, 6) is -0.0784. The Morgan fingerprint density at radius 1 is 1.15 bits per heavy atom. The second-order valence-electron chi connectivity index (χ2n) is 6.74. The van der Waals surface area contributed by atoms with Crippen LogP contribution in [-0.4, -0.2) is 42.3 Å². The Hall–Kier alpha value is -2.37. The van der Waals surface area contributed by atoms with E-state index >= 15 is 0 Å². The SMILES string of the molecule is CCCNC(=O)CCCC(=O)NC1CN(C(C)=O)CCc2ccccc21. The monoisotopic (exact) mass is 359 g/mol. The van der Waals surface area contributed by atoms with Gasteiger partial charge < -0.3 is 15.5 Å². The van der Waals surface area contributed by atoms with Gasteiger partial charge in [-0.25, -0.2) is 0 Å². The molecule has 0 bridgehead atoms. The molecule has 142 valence electrons. The molecule has 0 radical (unpaired) electrons. The molecule has 0 spiro atoms. The first-order valence-electron chi connectivity index (χ1n) is 9.40. The van der Waals surface area contributed by atoms with Crippen molar-refractivity contribution in [3.8, 4) is 0 Å². The molecular formula is C20H29N3O3. The van der Waals surface area contributed by atoms with E-state index in [2.05, 4.69) is 16.7 Å². The van der Waals surface area contributed by atoms with Gasteiger partial charge in [0.2, 0.25) is 17.7 Å². The molecule has 1 atom stereocenters. The second kappa shape index (κ2) is 9.94. The number of nitrogens with zero attached hydrogens (tertiary/aromatic N) is 1. The van der Waals surface area contributed by atoms with Gasteiger partial charge in [0.05, 0.1) is 6.04 Å². The van der Waals surface area contributed by atoms with E-state index in [0.717, 1.165) is 18.4 Å². The highest BCUT2D eigenvalue weighted by atomic mass is 16.2. The summed E-state index contributed by atoms with van der Waals surface area (Å²) in [7, 11) is 0. The molecule has 1 heterocycles. The lowest BCUT2D eigenvalue weighted by atomic mass is 9.99. The van der Waals surface area contributed by atoms with Crippen molar-refractivity contribution in [2.45, 2.75) is 52.0 Å². The van der Waals surface area contributed by atoms with Crippen LogP contribution in [0.3, 0.4) is 0 Å². The summed E-state index contributed by atoms with van der Waals surface area (Å²) in [4.78, 5) is 37.6. The number of amides is 3. The van der Waals surface area contributed by atoms with E-state index in [1.54, 1.807) is 11.8 Å². The van der Waals surface area contributed by atoms with E-state index in [1.807, 2.05) is 25.1 Å². The Labute approximate surface area is 155 Å². The molecule has 26 heavy (non-hydrogen) atoms. The highest BCUT2D eigenvalue weighted by Crippen LogP contribution is 2.24. The first-order valence-corrected chi connectivity index (χ1v) is 9.40. The van der Waals surface area contributed by atoms with Crippen molar-refractivity contribution in [2.24, 2.45) is 0 Å². The average molecular weight is 359 g/mol. The van der Waals surface area contributed by atoms with Gasteiger partial charge in [-0.15, -0.1) is 0 Å². The van der Waals surface area contributed by atoms with Gasteiger partial charge in [-0.3, -0.25) is 14.4 Å². The molecule has 1 aromatic carbocycles. The third kappa shape index (κ3) is 5.86. The average Bonchev–Trinajstić information content (AvgIpc) is 2.80. The predicted molar refractivity (Wildman–Crippen MR) is 100 cm³/mol. The smallest absolute Gasteiger partial charge is 0.220 e. The largest absolute Gasteiger partial charge is 0.356 e. The molecule has 6 heteroatoms. The van der Waals surface area contributed by atoms with Crippen molar-refractivity contribution in [2.75, 3.05) is 19.6 Å². The van der Waals surface area contributed by atoms with Crippen LogP contribution in [0.15, 0.2) is 24.3 Å². The Bertz CT molecular complexity index is 645. The molecule has 2 N–H and O–H groups in total. The predicted octanol–water partition coefficient (Wildman–Crippen LogP) is 1.95. The van der Waals surface area contributed by atoms with E-state index in [0.29, 0.717) is 38.9 Å². The fourth-order valence-corrected chi connectivity index (χ4v) is 3.21. The van der Waals surface area contributed by atoms with Crippen LogP contribution in [-0.2, 0) is 20.8 Å². The summed E-state index contributed by atoms with van der Waals surface area (Å²) in [5, 5.41) is 5.86. The summed E-state index contributed by atoms with van der Waals surface area (Å²) < 4.78 is 0. The van der Waals surface area contributed by atoms with Gasteiger partial charge in [0.25, 0.3) is 0 Å². The molecule has 0 aromatic heterocycles. The second-order valence-corrected chi connectivity index (χ2v) is 6.74. The lowest BCUT2D eigenvalue weighted by Crippen LogP contribution is -2.39. The fraction of sp³-hybridized carbons (Fsp3) is 0.550. The summed E-state index contributed by atoms with van der Waals surface area (Å²) in [6.45, 7) is 5.38. The minimum Gasteiger partial charge on any atom is -0.356 e. The Kier molecular flexibility index (Phi) is 7.63. The molecule has 2 rings (SSSR count). The van der Waals surface area contributed by atoms with Crippen LogP contribution >= 0.6 is 0 Å². The fourth-order valence-electron chi connectivity index (χ4n) is 3.21. The first kappa shape index (κ1) is 19.9. The number of hydrogen-bond donors (Lipinski definition) is 2. The number of hydrogen-bond acceptors (Lipinski definition) is 3. The Morgan fingerprint density at radius 3 is 2.62 bits per heavy atom. The zero-order valence-corrected chi connectivity index (χ0v) is 15.7. The molecule has 0 fully saturated rings. The van der Waals surface area contributed by atoms with E-state index in [4.69, 9.17) is 0 Å². The van der Waals surface area contributed by atoms with Gasteiger partial charge in [-0.1, -0.05) is 31.2 Å². The van der Waals surface area contributed by atoms with Crippen molar-refractivity contribution in [1.82, 2.24) is 15.5 Å². The van der Waals surface area contributed by atoms with Gasteiger partial charge in [-0.2, -0.15) is 0 Å². The summed E-state index contributed by atoms with van der Waals surface area (Å²) in [6.07, 6.45) is 2.87. The third-order valence-electron chi connectivity index (χ3n) is 4.64. The van der Waals surface area contributed by atoms with Gasteiger partial charge in [0.1, 0.15) is 0 Å². The van der Waals surface area contributed by atoms with Crippen LogP contribution in [0.5, 0.6) is 0 Å². The van der Waals surface area contributed by atoms with E-state index in [-0.39, 0.29) is 23.8 Å². The minimum atomic E-state index is -0.209. The van der Waals surface area contributed by atoms with Crippen LogP contribution in [0.2, 0.25) is 0 Å². The van der Waals surface area contributed by atoms with Gasteiger partial charge >= 0.3 is 0 Å². The number of nitrogens with one attached hydrogen (secondary N) is 2. The molecular weight excluding hydrogens is 330 g/mol. The zero-order chi connectivity index (χ0) is 18.9. The molecule has 1 aliphatic heterocycles. The molecule has 0 saturated heterocycles. The lowest BCUT2D eigenvalue weighted by Gasteiger charge is -2.25. The first-order chi connectivity index (χ1) is 12.5. The molecule has 1 aliphatic rings. The number of benzene rings is 1. The maximum atomic E-state index is 12.4. The molecule has 6 nitrogen and oxygen atoms in total. The molecule has 0 aliphatic carbocycles. The number of carbonyl (C=O) groups excluding carboxylic acids is 3. The summed E-state index contributed by atoms with van der Waals surface area (Å²) in [6, 6.07) is 7.80. The van der Waals surface area contributed by atoms with Crippen molar-refractivity contribution in [3.63, 3.8) is 0 Å². The van der Waals surface area contributed by atoms with E-state index in [9.17, 15) is 14.4 Å². The van der Waals surface area contributed by atoms with Crippen LogP contribution in [0.25, 0.3) is 0 Å². The highest BCUT2D eigenvalue weighted by Gasteiger charge is 2.25.